The number of hydrogen-bond donors (Lipinski definition) is 1. The molecule has 1 aromatic heterocycles. The summed E-state index contributed by atoms with van der Waals surface area (Å²) >= 11 is 0. The molecule has 0 radical (unpaired) electrons. The largest absolute Gasteiger partial charge is 0.357 e. The summed E-state index contributed by atoms with van der Waals surface area (Å²) in [5, 5.41) is 3.03. The highest BCUT2D eigenvalue weighted by Gasteiger charge is 2.40. The van der Waals surface area contributed by atoms with Crippen molar-refractivity contribution >= 4 is 17.4 Å². The standard InChI is InChI=1S/C18H25N3O/c22-18(11-15-10-13-3-4-14(15)9-13)20-16-5-6-17(19-12-16)21-7-1-2-8-21/h5-6,12-15H,1-4,7-11H2,(H,20,22)/t13-,14-,15-/m0/s1. The maximum atomic E-state index is 12.2. The van der Waals surface area contributed by atoms with Crippen LogP contribution in [0, 0.1) is 17.8 Å². The van der Waals surface area contributed by atoms with E-state index in [1.807, 2.05) is 12.1 Å². The predicted molar refractivity (Wildman–Crippen MR) is 87.9 cm³/mol. The van der Waals surface area contributed by atoms with Crippen LogP contribution in [0.15, 0.2) is 18.3 Å². The zero-order valence-corrected chi connectivity index (χ0v) is 13.1. The molecule has 4 rings (SSSR count). The molecule has 0 aromatic carbocycles. The van der Waals surface area contributed by atoms with Gasteiger partial charge in [-0.25, -0.2) is 4.98 Å². The van der Waals surface area contributed by atoms with Crippen molar-refractivity contribution in [1.29, 1.82) is 0 Å². The maximum Gasteiger partial charge on any atom is 0.224 e. The summed E-state index contributed by atoms with van der Waals surface area (Å²) in [6, 6.07) is 4.01. The van der Waals surface area contributed by atoms with Crippen LogP contribution in [0.1, 0.15) is 44.9 Å². The molecule has 22 heavy (non-hydrogen) atoms. The lowest BCUT2D eigenvalue weighted by Gasteiger charge is -2.21. The molecular weight excluding hydrogens is 274 g/mol. The SMILES string of the molecule is O=C(C[C@@H]1C[C@H]2CC[C@H]1C2)Nc1ccc(N2CCCC2)nc1. The molecule has 2 saturated carbocycles. The quantitative estimate of drug-likeness (QED) is 0.926. The Morgan fingerprint density at radius 3 is 2.73 bits per heavy atom. The minimum Gasteiger partial charge on any atom is -0.357 e. The first-order chi connectivity index (χ1) is 10.8. The Morgan fingerprint density at radius 1 is 1.23 bits per heavy atom. The number of anilines is 2. The summed E-state index contributed by atoms with van der Waals surface area (Å²) in [6.07, 6.45) is 10.4. The molecule has 3 aliphatic rings. The second-order valence-electron chi connectivity index (χ2n) is 7.29. The molecule has 4 heteroatoms. The van der Waals surface area contributed by atoms with Crippen LogP contribution in [-0.2, 0) is 4.79 Å². The van der Waals surface area contributed by atoms with Crippen LogP contribution in [0.25, 0.3) is 0 Å². The number of hydrogen-bond acceptors (Lipinski definition) is 3. The van der Waals surface area contributed by atoms with E-state index in [0.717, 1.165) is 36.4 Å². The Hall–Kier alpha value is -1.58. The monoisotopic (exact) mass is 299 g/mol. The number of amides is 1. The van der Waals surface area contributed by atoms with E-state index < -0.39 is 0 Å². The van der Waals surface area contributed by atoms with Crippen molar-refractivity contribution in [3.05, 3.63) is 18.3 Å². The fraction of sp³-hybridized carbons (Fsp3) is 0.667. The Balaban J connectivity index is 1.31. The Morgan fingerprint density at radius 2 is 2.09 bits per heavy atom. The lowest BCUT2D eigenvalue weighted by molar-refractivity contribution is -0.117. The molecule has 3 fully saturated rings. The van der Waals surface area contributed by atoms with Crippen molar-refractivity contribution in [2.45, 2.75) is 44.9 Å². The average molecular weight is 299 g/mol. The number of aromatic nitrogens is 1. The van der Waals surface area contributed by atoms with Crippen LogP contribution in [0.4, 0.5) is 11.5 Å². The molecule has 3 atom stereocenters. The fourth-order valence-corrected chi connectivity index (χ4v) is 4.67. The van der Waals surface area contributed by atoms with E-state index in [-0.39, 0.29) is 5.91 Å². The molecule has 1 N–H and O–H groups in total. The molecule has 0 unspecified atom stereocenters. The number of nitrogens with zero attached hydrogens (tertiary/aromatic N) is 2. The minimum atomic E-state index is 0.160. The molecule has 1 saturated heterocycles. The summed E-state index contributed by atoms with van der Waals surface area (Å²) < 4.78 is 0. The highest BCUT2D eigenvalue weighted by atomic mass is 16.1. The smallest absolute Gasteiger partial charge is 0.224 e. The van der Waals surface area contributed by atoms with E-state index in [0.29, 0.717) is 12.3 Å². The van der Waals surface area contributed by atoms with Gasteiger partial charge in [-0.05, 0) is 62.0 Å². The third-order valence-corrected chi connectivity index (χ3v) is 5.79. The highest BCUT2D eigenvalue weighted by molar-refractivity contribution is 5.90. The van der Waals surface area contributed by atoms with Gasteiger partial charge >= 0.3 is 0 Å². The van der Waals surface area contributed by atoms with Gasteiger partial charge in [-0.15, -0.1) is 0 Å². The topological polar surface area (TPSA) is 45.2 Å². The second-order valence-corrected chi connectivity index (χ2v) is 7.29. The van der Waals surface area contributed by atoms with Crippen LogP contribution in [-0.4, -0.2) is 24.0 Å². The molecule has 2 aliphatic carbocycles. The van der Waals surface area contributed by atoms with Crippen molar-refractivity contribution in [2.75, 3.05) is 23.3 Å². The van der Waals surface area contributed by atoms with E-state index in [4.69, 9.17) is 0 Å². The summed E-state index contributed by atoms with van der Waals surface area (Å²) in [5.41, 5.74) is 0.830. The normalized spacial score (nSPS) is 30.0. The number of rotatable bonds is 4. The Kier molecular flexibility index (Phi) is 3.77. The van der Waals surface area contributed by atoms with Gasteiger partial charge in [-0.3, -0.25) is 4.79 Å². The van der Waals surface area contributed by atoms with E-state index >= 15 is 0 Å². The first-order valence-corrected chi connectivity index (χ1v) is 8.79. The second kappa shape index (κ2) is 5.90. The molecule has 4 nitrogen and oxygen atoms in total. The average Bonchev–Trinajstić information content (AvgIpc) is 3.25. The van der Waals surface area contributed by atoms with Gasteiger partial charge in [0.15, 0.2) is 0 Å². The molecular formula is C18H25N3O. The van der Waals surface area contributed by atoms with Gasteiger partial charge in [0.1, 0.15) is 5.82 Å². The summed E-state index contributed by atoms with van der Waals surface area (Å²) in [4.78, 5) is 19.0. The molecule has 1 aromatic rings. The number of fused-ring (bicyclic) bond motifs is 2. The van der Waals surface area contributed by atoms with Crippen LogP contribution in [0.3, 0.4) is 0 Å². The molecule has 1 aliphatic heterocycles. The van der Waals surface area contributed by atoms with Crippen LogP contribution in [0.2, 0.25) is 0 Å². The first kappa shape index (κ1) is 14.0. The van der Waals surface area contributed by atoms with Gasteiger partial charge in [0.25, 0.3) is 0 Å². The van der Waals surface area contributed by atoms with Crippen LogP contribution in [0.5, 0.6) is 0 Å². The van der Waals surface area contributed by atoms with E-state index in [2.05, 4.69) is 15.2 Å². The minimum absolute atomic E-state index is 0.160. The van der Waals surface area contributed by atoms with Gasteiger partial charge in [0.2, 0.25) is 5.91 Å². The van der Waals surface area contributed by atoms with Crippen LogP contribution >= 0.6 is 0 Å². The van der Waals surface area contributed by atoms with Crippen molar-refractivity contribution in [2.24, 2.45) is 17.8 Å². The zero-order valence-electron chi connectivity index (χ0n) is 13.1. The van der Waals surface area contributed by atoms with Crippen LogP contribution < -0.4 is 10.2 Å². The Labute approximate surface area is 132 Å². The Bertz CT molecular complexity index is 536. The van der Waals surface area contributed by atoms with Gasteiger partial charge in [-0.2, -0.15) is 0 Å². The lowest BCUT2D eigenvalue weighted by Crippen LogP contribution is -2.21. The maximum absolute atomic E-state index is 12.2. The summed E-state index contributed by atoms with van der Waals surface area (Å²) in [5.74, 6) is 3.53. The fourth-order valence-electron chi connectivity index (χ4n) is 4.67. The molecule has 1 amide bonds. The predicted octanol–water partition coefficient (Wildman–Crippen LogP) is 3.45. The van der Waals surface area contributed by atoms with Crippen molar-refractivity contribution in [3.8, 4) is 0 Å². The number of carbonyl (C=O) groups excluding carboxylic acids is 1. The van der Waals surface area contributed by atoms with Gasteiger partial charge < -0.3 is 10.2 Å². The van der Waals surface area contributed by atoms with E-state index in [9.17, 15) is 4.79 Å². The lowest BCUT2D eigenvalue weighted by atomic mass is 9.86. The highest BCUT2D eigenvalue weighted by Crippen LogP contribution is 2.49. The summed E-state index contributed by atoms with van der Waals surface area (Å²) in [7, 11) is 0. The molecule has 2 heterocycles. The zero-order chi connectivity index (χ0) is 14.9. The molecule has 118 valence electrons. The van der Waals surface area contributed by atoms with Gasteiger partial charge in [0, 0.05) is 19.5 Å². The van der Waals surface area contributed by atoms with Crippen molar-refractivity contribution in [3.63, 3.8) is 0 Å². The van der Waals surface area contributed by atoms with E-state index in [1.165, 1.54) is 38.5 Å². The third-order valence-electron chi connectivity index (χ3n) is 5.79. The van der Waals surface area contributed by atoms with Crippen molar-refractivity contribution in [1.82, 2.24) is 4.98 Å². The number of carbonyl (C=O) groups is 1. The first-order valence-electron chi connectivity index (χ1n) is 8.79. The molecule has 2 bridgehead atoms. The van der Waals surface area contributed by atoms with Gasteiger partial charge in [0.05, 0.1) is 11.9 Å². The van der Waals surface area contributed by atoms with E-state index in [1.54, 1.807) is 6.20 Å². The number of pyridine rings is 1. The van der Waals surface area contributed by atoms with Gasteiger partial charge in [-0.1, -0.05) is 6.42 Å². The molecule has 0 spiro atoms. The van der Waals surface area contributed by atoms with Crippen molar-refractivity contribution < 1.29 is 4.79 Å². The third kappa shape index (κ3) is 2.83. The summed E-state index contributed by atoms with van der Waals surface area (Å²) in [6.45, 7) is 2.20. The number of nitrogens with one attached hydrogen (secondary N) is 1.